The number of para-hydroxylation sites is 2. The van der Waals surface area contributed by atoms with Gasteiger partial charge in [0.25, 0.3) is 0 Å². The largest absolute Gasteiger partial charge is 0.438 e. The van der Waals surface area contributed by atoms with Gasteiger partial charge < -0.3 is 10.2 Å². The van der Waals surface area contributed by atoms with Crippen molar-refractivity contribution in [3.05, 3.63) is 96.5 Å². The summed E-state index contributed by atoms with van der Waals surface area (Å²) in [7, 11) is 0. The number of aromatic nitrogens is 1. The molecule has 0 unspecified atom stereocenters. The molecular weight excluding hydrogens is 346 g/mol. The van der Waals surface area contributed by atoms with Crippen molar-refractivity contribution in [2.45, 2.75) is 0 Å². The van der Waals surface area contributed by atoms with Crippen LogP contribution in [-0.4, -0.2) is 4.98 Å². The fourth-order valence-electron chi connectivity index (χ4n) is 3.39. The van der Waals surface area contributed by atoms with Crippen LogP contribution in [0.3, 0.4) is 0 Å². The Bertz CT molecular complexity index is 1360. The first-order chi connectivity index (χ1) is 13.8. The number of rotatable bonds is 2. The van der Waals surface area contributed by atoms with Gasteiger partial charge in [0.1, 0.15) is 11.4 Å². The predicted octanol–water partition coefficient (Wildman–Crippen LogP) is 5.46. The minimum absolute atomic E-state index is 0.403. The molecule has 5 aromatic rings. The molecule has 0 spiro atoms. The molecule has 0 aliphatic carbocycles. The molecule has 2 N–H and O–H groups in total. The van der Waals surface area contributed by atoms with E-state index in [4.69, 9.17) is 15.1 Å². The quantitative estimate of drug-likeness (QED) is 0.423. The molecule has 4 nitrogen and oxygen atoms in total. The molecule has 0 aliphatic rings. The van der Waals surface area contributed by atoms with Crippen molar-refractivity contribution < 1.29 is 4.42 Å². The second kappa shape index (κ2) is 6.67. The molecule has 0 amide bonds. The number of nitrogens with two attached hydrogens (primary N) is 1. The van der Waals surface area contributed by atoms with Gasteiger partial charge in [-0.2, -0.15) is 0 Å². The summed E-state index contributed by atoms with van der Waals surface area (Å²) in [5.74, 6) is 0.403. The molecule has 0 saturated carbocycles. The van der Waals surface area contributed by atoms with Crippen LogP contribution >= 0.6 is 0 Å². The summed E-state index contributed by atoms with van der Waals surface area (Å²) >= 11 is 0. The molecule has 3 aromatic carbocycles. The Morgan fingerprint density at radius 1 is 0.750 bits per heavy atom. The topological polar surface area (TPSA) is 64.4 Å². The summed E-state index contributed by atoms with van der Waals surface area (Å²) in [5, 5.41) is 2.68. The lowest BCUT2D eigenvalue weighted by Crippen LogP contribution is -2.08. The Morgan fingerprint density at radius 3 is 2.21 bits per heavy atom. The summed E-state index contributed by atoms with van der Waals surface area (Å²) in [6, 6.07) is 29.7. The van der Waals surface area contributed by atoms with Crippen LogP contribution in [0.2, 0.25) is 0 Å². The van der Waals surface area contributed by atoms with Gasteiger partial charge in [0.05, 0.1) is 16.8 Å². The van der Waals surface area contributed by atoms with E-state index in [1.807, 2.05) is 84.9 Å². The second-order valence-electron chi connectivity index (χ2n) is 6.53. The average Bonchev–Trinajstić information content (AvgIpc) is 2.75. The third-order valence-electron chi connectivity index (χ3n) is 4.70. The highest BCUT2D eigenvalue weighted by molar-refractivity contribution is 6.08. The standard InChI is InChI=1S/C24H17N3O/c25-23-22-19(15-20(27-23)16-9-3-1-4-10-16)18-13-7-8-14-21(18)28-24(22)26-17-11-5-2-6-12-17/h1-15H,(H2,25,27). The molecule has 134 valence electrons. The number of hydrogen-bond acceptors (Lipinski definition) is 4. The maximum Gasteiger partial charge on any atom is 0.231 e. The lowest BCUT2D eigenvalue weighted by molar-refractivity contribution is 0.554. The van der Waals surface area contributed by atoms with E-state index in [2.05, 4.69) is 11.1 Å². The van der Waals surface area contributed by atoms with Crippen LogP contribution in [0.5, 0.6) is 0 Å². The van der Waals surface area contributed by atoms with Gasteiger partial charge in [-0.25, -0.2) is 9.98 Å². The van der Waals surface area contributed by atoms with Gasteiger partial charge >= 0.3 is 0 Å². The van der Waals surface area contributed by atoms with Crippen molar-refractivity contribution in [1.29, 1.82) is 0 Å². The highest BCUT2D eigenvalue weighted by atomic mass is 16.3. The first kappa shape index (κ1) is 16.3. The molecule has 0 atom stereocenters. The van der Waals surface area contributed by atoms with Crippen LogP contribution in [0.4, 0.5) is 11.5 Å². The van der Waals surface area contributed by atoms with E-state index in [0.717, 1.165) is 38.7 Å². The zero-order chi connectivity index (χ0) is 18.9. The van der Waals surface area contributed by atoms with E-state index < -0.39 is 0 Å². The lowest BCUT2D eigenvalue weighted by Gasteiger charge is -2.09. The Labute approximate surface area is 161 Å². The number of anilines is 1. The van der Waals surface area contributed by atoms with Crippen LogP contribution in [-0.2, 0) is 0 Å². The summed E-state index contributed by atoms with van der Waals surface area (Å²) in [6.45, 7) is 0. The monoisotopic (exact) mass is 363 g/mol. The third-order valence-corrected chi connectivity index (χ3v) is 4.70. The molecule has 0 fully saturated rings. The van der Waals surface area contributed by atoms with Crippen LogP contribution in [0.15, 0.2) is 100 Å². The average molecular weight is 363 g/mol. The zero-order valence-electron chi connectivity index (χ0n) is 15.0. The summed E-state index contributed by atoms with van der Waals surface area (Å²) in [4.78, 5) is 9.33. The third kappa shape index (κ3) is 2.81. The molecule has 2 aromatic heterocycles. The van der Waals surface area contributed by atoms with Gasteiger partial charge in [-0.15, -0.1) is 0 Å². The van der Waals surface area contributed by atoms with Gasteiger partial charge in [0.15, 0.2) is 0 Å². The molecule has 5 rings (SSSR count). The van der Waals surface area contributed by atoms with E-state index >= 15 is 0 Å². The van der Waals surface area contributed by atoms with Crippen LogP contribution in [0, 0.1) is 0 Å². The highest BCUT2D eigenvalue weighted by Crippen LogP contribution is 2.30. The summed E-state index contributed by atoms with van der Waals surface area (Å²) < 4.78 is 6.12. The second-order valence-corrected chi connectivity index (χ2v) is 6.53. The van der Waals surface area contributed by atoms with Gasteiger partial charge in [-0.3, -0.25) is 0 Å². The maximum atomic E-state index is 6.41. The van der Waals surface area contributed by atoms with Crippen LogP contribution < -0.4 is 11.3 Å². The van der Waals surface area contributed by atoms with E-state index in [9.17, 15) is 0 Å². The fourth-order valence-corrected chi connectivity index (χ4v) is 3.39. The van der Waals surface area contributed by atoms with Gasteiger partial charge in [-0.05, 0) is 24.3 Å². The Hall–Kier alpha value is -3.92. The van der Waals surface area contributed by atoms with Gasteiger partial charge in [0, 0.05) is 16.3 Å². The Morgan fingerprint density at radius 2 is 1.43 bits per heavy atom. The normalized spacial score (nSPS) is 11.9. The van der Waals surface area contributed by atoms with Gasteiger partial charge in [0.2, 0.25) is 5.55 Å². The molecule has 4 heteroatoms. The SMILES string of the molecule is Nc1nc(-c2ccccc2)cc2c1c(=Nc1ccccc1)oc1ccccc12. The van der Waals surface area contributed by atoms with Crippen LogP contribution in [0.25, 0.3) is 33.0 Å². The van der Waals surface area contributed by atoms with Crippen molar-refractivity contribution in [3.8, 4) is 11.3 Å². The van der Waals surface area contributed by atoms with E-state index in [0.29, 0.717) is 11.4 Å². The number of nitrogen functional groups attached to an aromatic ring is 1. The predicted molar refractivity (Wildman–Crippen MR) is 113 cm³/mol. The number of nitrogens with zero attached hydrogens (tertiary/aromatic N) is 2. The number of hydrogen-bond donors (Lipinski definition) is 1. The number of benzene rings is 3. The smallest absolute Gasteiger partial charge is 0.231 e. The van der Waals surface area contributed by atoms with Crippen molar-refractivity contribution in [2.75, 3.05) is 5.73 Å². The van der Waals surface area contributed by atoms with E-state index in [1.54, 1.807) is 0 Å². The van der Waals surface area contributed by atoms with E-state index in [1.165, 1.54) is 0 Å². The first-order valence-corrected chi connectivity index (χ1v) is 9.07. The molecule has 0 saturated heterocycles. The molecule has 0 radical (unpaired) electrons. The minimum atomic E-state index is 0.403. The molecule has 0 bridgehead atoms. The molecular formula is C24H17N3O. The van der Waals surface area contributed by atoms with Crippen molar-refractivity contribution in [2.24, 2.45) is 4.99 Å². The highest BCUT2D eigenvalue weighted by Gasteiger charge is 2.13. The lowest BCUT2D eigenvalue weighted by atomic mass is 10.0. The Balaban J connectivity index is 1.90. The van der Waals surface area contributed by atoms with Crippen LogP contribution in [0.1, 0.15) is 0 Å². The van der Waals surface area contributed by atoms with Crippen molar-refractivity contribution in [1.82, 2.24) is 4.98 Å². The number of fused-ring (bicyclic) bond motifs is 3. The molecule has 2 heterocycles. The summed E-state index contributed by atoms with van der Waals surface area (Å²) in [5.41, 5.74) is 10.3. The maximum absolute atomic E-state index is 6.41. The molecule has 28 heavy (non-hydrogen) atoms. The Kier molecular flexibility index (Phi) is 3.87. The first-order valence-electron chi connectivity index (χ1n) is 9.07. The summed E-state index contributed by atoms with van der Waals surface area (Å²) in [6.07, 6.45) is 0. The molecule has 0 aliphatic heterocycles. The minimum Gasteiger partial charge on any atom is -0.438 e. The number of pyridine rings is 1. The van der Waals surface area contributed by atoms with E-state index in [-0.39, 0.29) is 0 Å². The van der Waals surface area contributed by atoms with Gasteiger partial charge in [-0.1, -0.05) is 66.7 Å². The van der Waals surface area contributed by atoms with Crippen molar-refractivity contribution >= 4 is 33.2 Å². The zero-order valence-corrected chi connectivity index (χ0v) is 15.0. The fraction of sp³-hybridized carbons (Fsp3) is 0. The van der Waals surface area contributed by atoms with Crippen molar-refractivity contribution in [3.63, 3.8) is 0 Å².